The third kappa shape index (κ3) is 3.20. The summed E-state index contributed by atoms with van der Waals surface area (Å²) < 4.78 is 16.4. The summed E-state index contributed by atoms with van der Waals surface area (Å²) in [6, 6.07) is 12.8. The number of methoxy groups -OCH3 is 2. The first-order chi connectivity index (χ1) is 14.5. The molecule has 152 valence electrons. The summed E-state index contributed by atoms with van der Waals surface area (Å²) in [5.41, 5.74) is 8.94. The number of benzene rings is 2. The van der Waals surface area contributed by atoms with E-state index in [9.17, 15) is 5.26 Å². The molecule has 3 aromatic rings. The number of aromatic nitrogens is 2. The van der Waals surface area contributed by atoms with Crippen LogP contribution in [0.5, 0.6) is 17.4 Å². The molecule has 1 aliphatic rings. The smallest absolute Gasteiger partial charge is 0.244 e. The van der Waals surface area contributed by atoms with Crippen molar-refractivity contribution in [2.24, 2.45) is 5.73 Å². The zero-order chi connectivity index (χ0) is 21.4. The first kappa shape index (κ1) is 20.0. The Morgan fingerprint density at radius 2 is 1.90 bits per heavy atom. The lowest BCUT2D eigenvalue weighted by molar-refractivity contribution is 0.375. The zero-order valence-electron chi connectivity index (χ0n) is 16.0. The lowest BCUT2D eigenvalue weighted by atomic mass is 9.82. The number of nitriles is 1. The van der Waals surface area contributed by atoms with Crippen LogP contribution in [-0.2, 0) is 0 Å². The molecular weight excluding hydrogens is 427 g/mol. The minimum atomic E-state index is -0.652. The van der Waals surface area contributed by atoms with E-state index in [2.05, 4.69) is 16.3 Å². The summed E-state index contributed by atoms with van der Waals surface area (Å²) in [5, 5.41) is 17.8. The highest BCUT2D eigenvalue weighted by atomic mass is 35.5. The van der Waals surface area contributed by atoms with E-state index in [1.807, 2.05) is 24.3 Å². The number of hydrogen-bond acceptors (Lipinski definition) is 6. The molecule has 9 heteroatoms. The van der Waals surface area contributed by atoms with Gasteiger partial charge in [-0.15, -0.1) is 5.10 Å². The number of allylic oxidation sites excluding steroid dienone is 1. The maximum absolute atomic E-state index is 9.87. The summed E-state index contributed by atoms with van der Waals surface area (Å²) in [6.45, 7) is 0. The Morgan fingerprint density at radius 3 is 2.53 bits per heavy atom. The monoisotopic (exact) mass is 442 g/mol. The van der Waals surface area contributed by atoms with Gasteiger partial charge in [-0.1, -0.05) is 23.2 Å². The third-order valence-corrected chi connectivity index (χ3v) is 5.37. The van der Waals surface area contributed by atoms with Gasteiger partial charge < -0.3 is 19.9 Å². The summed E-state index contributed by atoms with van der Waals surface area (Å²) in [4.78, 5) is 0. The molecule has 2 heterocycles. The molecule has 0 unspecified atom stereocenters. The van der Waals surface area contributed by atoms with E-state index in [0.717, 1.165) is 5.56 Å². The molecule has 1 aromatic heterocycles. The largest absolute Gasteiger partial charge is 0.497 e. The molecule has 4 rings (SSSR count). The summed E-state index contributed by atoms with van der Waals surface area (Å²) in [7, 11) is 3.09. The number of aromatic amines is 1. The van der Waals surface area contributed by atoms with Crippen LogP contribution >= 0.6 is 23.2 Å². The van der Waals surface area contributed by atoms with Crippen LogP contribution in [0.2, 0.25) is 10.0 Å². The van der Waals surface area contributed by atoms with Crippen molar-refractivity contribution in [1.29, 1.82) is 5.26 Å². The molecule has 1 atom stereocenters. The van der Waals surface area contributed by atoms with Gasteiger partial charge in [-0.2, -0.15) is 5.26 Å². The molecule has 0 amide bonds. The highest BCUT2D eigenvalue weighted by Gasteiger charge is 2.37. The SMILES string of the molecule is COc1ccc(-c2[nH]nc3c2[C@@H](c2cc(Cl)cc(Cl)c2OC)C(C#N)=C(N)O3)cc1. The van der Waals surface area contributed by atoms with Crippen LogP contribution in [0.3, 0.4) is 0 Å². The molecule has 0 saturated heterocycles. The van der Waals surface area contributed by atoms with Gasteiger partial charge in [0, 0.05) is 16.1 Å². The number of nitrogens with one attached hydrogen (secondary N) is 1. The highest BCUT2D eigenvalue weighted by molar-refractivity contribution is 6.35. The molecule has 2 aromatic carbocycles. The summed E-state index contributed by atoms with van der Waals surface area (Å²) in [6.07, 6.45) is 0. The molecule has 30 heavy (non-hydrogen) atoms. The number of H-pyrrole nitrogens is 1. The minimum absolute atomic E-state index is 0.0408. The van der Waals surface area contributed by atoms with E-state index >= 15 is 0 Å². The Morgan fingerprint density at radius 1 is 1.17 bits per heavy atom. The average molecular weight is 443 g/mol. The van der Waals surface area contributed by atoms with Crippen LogP contribution in [0.1, 0.15) is 17.0 Å². The van der Waals surface area contributed by atoms with Crippen molar-refractivity contribution >= 4 is 23.2 Å². The number of nitrogens with two attached hydrogens (primary N) is 1. The molecule has 0 radical (unpaired) electrons. The Labute approximate surface area is 182 Å². The lowest BCUT2D eigenvalue weighted by Gasteiger charge is -2.26. The molecule has 3 N–H and O–H groups in total. The van der Waals surface area contributed by atoms with E-state index in [4.69, 9.17) is 43.1 Å². The lowest BCUT2D eigenvalue weighted by Crippen LogP contribution is -2.21. The van der Waals surface area contributed by atoms with E-state index in [-0.39, 0.29) is 17.3 Å². The quantitative estimate of drug-likeness (QED) is 0.610. The van der Waals surface area contributed by atoms with Gasteiger partial charge in [-0.25, -0.2) is 0 Å². The molecule has 7 nitrogen and oxygen atoms in total. The van der Waals surface area contributed by atoms with Crippen molar-refractivity contribution in [3.63, 3.8) is 0 Å². The van der Waals surface area contributed by atoms with E-state index in [1.165, 1.54) is 7.11 Å². The van der Waals surface area contributed by atoms with Crippen LogP contribution in [0.15, 0.2) is 47.9 Å². The van der Waals surface area contributed by atoms with E-state index in [0.29, 0.717) is 38.4 Å². The van der Waals surface area contributed by atoms with Crippen molar-refractivity contribution in [3.05, 3.63) is 69.0 Å². The fourth-order valence-corrected chi connectivity index (χ4v) is 4.13. The Bertz CT molecular complexity index is 1200. The fraction of sp³-hybridized carbons (Fsp3) is 0.143. The molecule has 0 spiro atoms. The maximum atomic E-state index is 9.87. The standard InChI is InChI=1S/C21H16Cl2N4O3/c1-28-12-5-3-10(4-6-12)18-17-16(13-7-11(22)8-15(23)19(13)29-2)14(9-24)20(25)30-21(17)27-26-18/h3-8,16H,25H2,1-2H3,(H,26,27)/t16-/m0/s1. The second kappa shape index (κ2) is 7.82. The Kier molecular flexibility index (Phi) is 5.20. The summed E-state index contributed by atoms with van der Waals surface area (Å²) >= 11 is 12.6. The molecule has 0 bridgehead atoms. The number of halogens is 2. The maximum Gasteiger partial charge on any atom is 0.244 e. The van der Waals surface area contributed by atoms with E-state index in [1.54, 1.807) is 19.2 Å². The Balaban J connectivity index is 1.98. The van der Waals surface area contributed by atoms with Crippen LogP contribution in [-0.4, -0.2) is 24.4 Å². The Hall–Kier alpha value is -3.34. The molecule has 1 aliphatic heterocycles. The third-order valence-electron chi connectivity index (χ3n) is 4.87. The topological polar surface area (TPSA) is 106 Å². The van der Waals surface area contributed by atoms with Gasteiger partial charge in [-0.05, 0) is 36.4 Å². The number of fused-ring (bicyclic) bond motifs is 1. The van der Waals surface area contributed by atoms with Crippen molar-refractivity contribution in [2.45, 2.75) is 5.92 Å². The van der Waals surface area contributed by atoms with E-state index < -0.39 is 5.92 Å². The first-order valence-electron chi connectivity index (χ1n) is 8.81. The molecular formula is C21H16Cl2N4O3. The molecule has 0 aliphatic carbocycles. The second-order valence-corrected chi connectivity index (χ2v) is 7.32. The number of hydrogen-bond donors (Lipinski definition) is 2. The first-order valence-corrected chi connectivity index (χ1v) is 9.57. The van der Waals surface area contributed by atoms with Crippen LogP contribution in [0.4, 0.5) is 0 Å². The van der Waals surface area contributed by atoms with Gasteiger partial charge in [0.2, 0.25) is 11.8 Å². The van der Waals surface area contributed by atoms with Crippen molar-refractivity contribution < 1.29 is 14.2 Å². The normalized spacial score (nSPS) is 15.2. The van der Waals surface area contributed by atoms with Crippen LogP contribution < -0.4 is 19.9 Å². The van der Waals surface area contributed by atoms with Gasteiger partial charge in [0.25, 0.3) is 0 Å². The predicted molar refractivity (Wildman–Crippen MR) is 113 cm³/mol. The van der Waals surface area contributed by atoms with Gasteiger partial charge in [-0.3, -0.25) is 5.10 Å². The van der Waals surface area contributed by atoms with Crippen molar-refractivity contribution in [2.75, 3.05) is 14.2 Å². The minimum Gasteiger partial charge on any atom is -0.497 e. The van der Waals surface area contributed by atoms with Gasteiger partial charge in [0.1, 0.15) is 23.1 Å². The number of rotatable bonds is 4. The summed E-state index contributed by atoms with van der Waals surface area (Å²) in [5.74, 6) is 0.675. The zero-order valence-corrected chi connectivity index (χ0v) is 17.5. The van der Waals surface area contributed by atoms with Crippen molar-refractivity contribution in [3.8, 4) is 34.7 Å². The number of ether oxygens (including phenoxy) is 3. The second-order valence-electron chi connectivity index (χ2n) is 6.48. The average Bonchev–Trinajstić information content (AvgIpc) is 3.15. The van der Waals surface area contributed by atoms with Crippen molar-refractivity contribution in [1.82, 2.24) is 10.2 Å². The van der Waals surface area contributed by atoms with Crippen LogP contribution in [0, 0.1) is 11.3 Å². The van der Waals surface area contributed by atoms with Gasteiger partial charge in [0.05, 0.1) is 36.4 Å². The number of nitrogens with zero attached hydrogens (tertiary/aromatic N) is 2. The van der Waals surface area contributed by atoms with Gasteiger partial charge in [0.15, 0.2) is 0 Å². The molecule has 0 saturated carbocycles. The fourth-order valence-electron chi connectivity index (χ4n) is 3.54. The molecule has 0 fully saturated rings. The predicted octanol–water partition coefficient (Wildman–Crippen LogP) is 4.62. The van der Waals surface area contributed by atoms with Crippen LogP contribution in [0.25, 0.3) is 11.3 Å². The highest BCUT2D eigenvalue weighted by Crippen LogP contribution is 2.49. The van der Waals surface area contributed by atoms with Gasteiger partial charge >= 0.3 is 0 Å².